The highest BCUT2D eigenvalue weighted by Gasteiger charge is 2.17. The Balaban J connectivity index is 1.51. The van der Waals surface area contributed by atoms with E-state index < -0.39 is 0 Å². The molecule has 0 atom stereocenters. The molecule has 7 heteroatoms. The number of hydrogen-bond donors (Lipinski definition) is 0. The van der Waals surface area contributed by atoms with Gasteiger partial charge < -0.3 is 9.47 Å². The zero-order valence-corrected chi connectivity index (χ0v) is 18.2. The third-order valence-corrected chi connectivity index (χ3v) is 6.20. The predicted molar refractivity (Wildman–Crippen MR) is 127 cm³/mol. The summed E-state index contributed by atoms with van der Waals surface area (Å²) in [7, 11) is 0. The highest BCUT2D eigenvalue weighted by atomic mass is 35.5. The first-order chi connectivity index (χ1) is 16.2. The Morgan fingerprint density at radius 2 is 1.82 bits per heavy atom. The molecule has 0 N–H and O–H groups in total. The first kappa shape index (κ1) is 19.6. The summed E-state index contributed by atoms with van der Waals surface area (Å²) in [4.78, 5) is 9.16. The largest absolute Gasteiger partial charge is 0.454 e. The monoisotopic (exact) mass is 452 g/mol. The number of rotatable bonds is 4. The molecule has 33 heavy (non-hydrogen) atoms. The summed E-state index contributed by atoms with van der Waals surface area (Å²) in [6.45, 7) is 0.225. The van der Waals surface area contributed by atoms with Crippen LogP contribution in [0.3, 0.4) is 0 Å². The topological polar surface area (TPSA) is 73.0 Å². The van der Waals surface area contributed by atoms with Gasteiger partial charge in [-0.05, 0) is 53.9 Å². The normalized spacial score (nSPS) is 12.4. The van der Waals surface area contributed by atoms with Crippen LogP contribution in [-0.2, 0) is 6.42 Å². The van der Waals surface area contributed by atoms with E-state index in [4.69, 9.17) is 26.3 Å². The average molecular weight is 453 g/mol. The van der Waals surface area contributed by atoms with Crippen LogP contribution in [0.25, 0.3) is 38.8 Å². The van der Waals surface area contributed by atoms with Crippen molar-refractivity contribution in [1.82, 2.24) is 14.5 Å². The molecule has 160 valence electrons. The van der Waals surface area contributed by atoms with E-state index >= 15 is 0 Å². The average Bonchev–Trinajstić information content (AvgIpc) is 3.49. The van der Waals surface area contributed by atoms with Crippen LogP contribution in [0.4, 0.5) is 0 Å². The number of nitriles is 1. The van der Waals surface area contributed by atoms with Gasteiger partial charge in [0.25, 0.3) is 0 Å². The maximum atomic E-state index is 8.83. The van der Waals surface area contributed by atoms with Crippen LogP contribution in [0.2, 0.25) is 5.02 Å². The van der Waals surface area contributed by atoms with Gasteiger partial charge in [0.05, 0.1) is 28.3 Å². The van der Waals surface area contributed by atoms with Gasteiger partial charge in [0.1, 0.15) is 11.8 Å². The van der Waals surface area contributed by atoms with Crippen molar-refractivity contribution in [1.29, 1.82) is 5.26 Å². The van der Waals surface area contributed by atoms with E-state index in [-0.39, 0.29) is 6.79 Å². The van der Waals surface area contributed by atoms with Crippen molar-refractivity contribution in [3.8, 4) is 34.4 Å². The number of pyridine rings is 1. The van der Waals surface area contributed by atoms with Crippen LogP contribution in [0.1, 0.15) is 12.0 Å². The molecule has 0 saturated carbocycles. The third-order valence-electron chi connectivity index (χ3n) is 5.89. The quantitative estimate of drug-likeness (QED) is 0.330. The highest BCUT2D eigenvalue weighted by molar-refractivity contribution is 6.34. The van der Waals surface area contributed by atoms with E-state index in [0.29, 0.717) is 17.2 Å². The summed E-state index contributed by atoms with van der Waals surface area (Å²) >= 11 is 6.67. The van der Waals surface area contributed by atoms with Crippen molar-refractivity contribution in [2.24, 2.45) is 0 Å². The molecule has 0 saturated heterocycles. The van der Waals surface area contributed by atoms with Crippen molar-refractivity contribution in [2.45, 2.75) is 12.8 Å². The fraction of sp³-hybridized carbons (Fsp3) is 0.115. The second-order valence-corrected chi connectivity index (χ2v) is 8.26. The number of nitrogens with zero attached hydrogens (tertiary/aromatic N) is 4. The molecule has 6 rings (SSSR count). The van der Waals surface area contributed by atoms with E-state index in [9.17, 15) is 0 Å². The Hall–Kier alpha value is -4.08. The standard InChI is InChI=1S/C26H17ClN4O2/c27-21-12-22-20(11-19(21)17-5-8-24-25(10-17)33-15-32-24)26-23(13-29-22)30-14-31(26)18-6-3-16(4-7-18)2-1-9-28/h3-8,10-14H,1-2,15H2. The zero-order valence-electron chi connectivity index (χ0n) is 17.5. The lowest BCUT2D eigenvalue weighted by Crippen LogP contribution is -1.95. The maximum absolute atomic E-state index is 8.83. The second kappa shape index (κ2) is 7.80. The van der Waals surface area contributed by atoms with Gasteiger partial charge >= 0.3 is 0 Å². The van der Waals surface area contributed by atoms with E-state index in [1.165, 1.54) is 0 Å². The van der Waals surface area contributed by atoms with E-state index in [1.807, 2.05) is 30.6 Å². The minimum atomic E-state index is 0.225. The van der Waals surface area contributed by atoms with Gasteiger partial charge in [-0.15, -0.1) is 0 Å². The molecule has 6 nitrogen and oxygen atoms in total. The Kier molecular flexibility index (Phi) is 4.63. The summed E-state index contributed by atoms with van der Waals surface area (Å²) < 4.78 is 13.0. The summed E-state index contributed by atoms with van der Waals surface area (Å²) in [5, 5.41) is 10.4. The van der Waals surface area contributed by atoms with E-state index in [0.717, 1.165) is 56.5 Å². The summed E-state index contributed by atoms with van der Waals surface area (Å²) in [5.41, 5.74) is 6.51. The van der Waals surface area contributed by atoms with Crippen molar-refractivity contribution in [3.63, 3.8) is 0 Å². The van der Waals surface area contributed by atoms with Gasteiger partial charge in [-0.25, -0.2) is 4.98 Å². The van der Waals surface area contributed by atoms with Crippen LogP contribution in [0, 0.1) is 11.3 Å². The fourth-order valence-corrected chi connectivity index (χ4v) is 4.49. The molecule has 0 spiro atoms. The van der Waals surface area contributed by atoms with Gasteiger partial charge in [-0.3, -0.25) is 9.55 Å². The molecule has 3 aromatic carbocycles. The predicted octanol–water partition coefficient (Wildman–Crippen LogP) is 6.08. The molecule has 1 aliphatic heterocycles. The van der Waals surface area contributed by atoms with Crippen LogP contribution in [-0.4, -0.2) is 21.3 Å². The fourth-order valence-electron chi connectivity index (χ4n) is 4.22. The first-order valence-electron chi connectivity index (χ1n) is 10.5. The maximum Gasteiger partial charge on any atom is 0.231 e. The molecule has 5 aromatic rings. The smallest absolute Gasteiger partial charge is 0.231 e. The Bertz CT molecular complexity index is 1570. The number of aromatic nitrogens is 3. The number of ether oxygens (including phenoxy) is 2. The van der Waals surface area contributed by atoms with Gasteiger partial charge in [0, 0.05) is 23.1 Å². The van der Waals surface area contributed by atoms with Crippen molar-refractivity contribution in [2.75, 3.05) is 6.79 Å². The van der Waals surface area contributed by atoms with Crippen molar-refractivity contribution >= 4 is 33.5 Å². The molecule has 1 aliphatic rings. The van der Waals surface area contributed by atoms with Gasteiger partial charge in [0.2, 0.25) is 6.79 Å². The number of benzene rings is 3. The van der Waals surface area contributed by atoms with Crippen LogP contribution in [0.5, 0.6) is 11.5 Å². The molecule has 2 aromatic heterocycles. The highest BCUT2D eigenvalue weighted by Crippen LogP contribution is 2.40. The Morgan fingerprint density at radius 1 is 0.970 bits per heavy atom. The molecule has 0 unspecified atom stereocenters. The lowest BCUT2D eigenvalue weighted by atomic mass is 10.0. The molecule has 0 fully saturated rings. The summed E-state index contributed by atoms with van der Waals surface area (Å²) in [5.74, 6) is 1.44. The van der Waals surface area contributed by atoms with E-state index in [1.54, 1.807) is 6.20 Å². The third kappa shape index (κ3) is 3.34. The van der Waals surface area contributed by atoms with Gasteiger partial charge in [0.15, 0.2) is 11.5 Å². The zero-order chi connectivity index (χ0) is 22.4. The van der Waals surface area contributed by atoms with Gasteiger partial charge in [-0.2, -0.15) is 5.26 Å². The number of aryl methyl sites for hydroxylation is 1. The molecule has 0 bridgehead atoms. The van der Waals surface area contributed by atoms with Crippen LogP contribution in [0.15, 0.2) is 67.1 Å². The summed E-state index contributed by atoms with van der Waals surface area (Å²) in [6, 6.07) is 20.2. The minimum absolute atomic E-state index is 0.225. The lowest BCUT2D eigenvalue weighted by molar-refractivity contribution is 0.174. The second-order valence-electron chi connectivity index (χ2n) is 7.85. The van der Waals surface area contributed by atoms with Crippen LogP contribution >= 0.6 is 11.6 Å². The molecule has 0 radical (unpaired) electrons. The SMILES string of the molecule is N#CCCc1ccc(-n2cnc3cnc4cc(Cl)c(-c5ccc6c(c5)OCO6)cc4c32)cc1. The molecule has 0 aliphatic carbocycles. The molecular weight excluding hydrogens is 436 g/mol. The number of imidazole rings is 1. The van der Waals surface area contributed by atoms with Crippen LogP contribution < -0.4 is 9.47 Å². The number of halogens is 1. The first-order valence-corrected chi connectivity index (χ1v) is 10.9. The van der Waals surface area contributed by atoms with E-state index in [2.05, 4.69) is 50.9 Å². The molecule has 0 amide bonds. The van der Waals surface area contributed by atoms with Crippen molar-refractivity contribution < 1.29 is 9.47 Å². The van der Waals surface area contributed by atoms with Crippen molar-refractivity contribution in [3.05, 3.63) is 77.7 Å². The summed E-state index contributed by atoms with van der Waals surface area (Å²) in [6.07, 6.45) is 4.83. The number of fused-ring (bicyclic) bond motifs is 4. The Morgan fingerprint density at radius 3 is 2.67 bits per heavy atom. The molecule has 3 heterocycles. The Labute approximate surface area is 194 Å². The van der Waals surface area contributed by atoms with Gasteiger partial charge in [-0.1, -0.05) is 29.8 Å². The lowest BCUT2D eigenvalue weighted by Gasteiger charge is -2.11. The number of hydrogen-bond acceptors (Lipinski definition) is 5. The minimum Gasteiger partial charge on any atom is -0.454 e. The molecular formula is C26H17ClN4O2.